The number of amides is 1. The van der Waals surface area contributed by atoms with Crippen molar-refractivity contribution in [3.05, 3.63) is 46.8 Å². The van der Waals surface area contributed by atoms with Crippen molar-refractivity contribution in [3.63, 3.8) is 0 Å². The highest BCUT2D eigenvalue weighted by Gasteiger charge is 2.40. The summed E-state index contributed by atoms with van der Waals surface area (Å²) in [5, 5.41) is 17.9. The van der Waals surface area contributed by atoms with E-state index in [9.17, 15) is 9.90 Å². The van der Waals surface area contributed by atoms with Crippen molar-refractivity contribution in [1.29, 1.82) is 0 Å². The van der Waals surface area contributed by atoms with Crippen LogP contribution in [0.4, 0.5) is 0 Å². The molecule has 0 spiro atoms. The van der Waals surface area contributed by atoms with Crippen molar-refractivity contribution in [2.45, 2.75) is 39.2 Å². The van der Waals surface area contributed by atoms with Crippen LogP contribution < -0.4 is 4.74 Å². The molecule has 1 aromatic carbocycles. The average molecular weight is 343 g/mol. The predicted octanol–water partition coefficient (Wildman–Crippen LogP) is 2.24. The lowest BCUT2D eigenvalue weighted by Gasteiger charge is -2.24. The van der Waals surface area contributed by atoms with E-state index in [4.69, 9.17) is 4.74 Å². The minimum Gasteiger partial charge on any atom is -0.490 e. The molecule has 1 atom stereocenters. The van der Waals surface area contributed by atoms with Crippen LogP contribution in [0, 0.1) is 13.8 Å². The Kier molecular flexibility index (Phi) is 4.81. The molecule has 0 aliphatic carbocycles. The second kappa shape index (κ2) is 6.88. The highest BCUT2D eigenvalue weighted by Crippen LogP contribution is 2.26. The van der Waals surface area contributed by atoms with Crippen LogP contribution in [0.3, 0.4) is 0 Å². The molecule has 1 aliphatic rings. The summed E-state index contributed by atoms with van der Waals surface area (Å²) in [4.78, 5) is 14.4. The average Bonchev–Trinajstić information content (AvgIpc) is 3.17. The van der Waals surface area contributed by atoms with Crippen molar-refractivity contribution in [1.82, 2.24) is 15.1 Å². The van der Waals surface area contributed by atoms with Crippen LogP contribution in [-0.4, -0.2) is 51.4 Å². The molecule has 2 aromatic rings. The molecule has 25 heavy (non-hydrogen) atoms. The van der Waals surface area contributed by atoms with Crippen molar-refractivity contribution in [2.75, 3.05) is 19.7 Å². The van der Waals surface area contributed by atoms with Gasteiger partial charge in [0.15, 0.2) is 5.69 Å². The Balaban J connectivity index is 1.64. The first-order valence-electron chi connectivity index (χ1n) is 8.67. The predicted molar refractivity (Wildman–Crippen MR) is 94.8 cm³/mol. The number of nitrogens with zero attached hydrogens (tertiary/aromatic N) is 2. The molecule has 0 radical (unpaired) electrons. The number of hydrogen-bond acceptors (Lipinski definition) is 4. The van der Waals surface area contributed by atoms with Gasteiger partial charge < -0.3 is 14.7 Å². The number of β-amino-alcohol motifs (C(OH)–C–C–N with tert-alkyl or cyclic N) is 1. The van der Waals surface area contributed by atoms with E-state index in [2.05, 4.69) is 10.2 Å². The van der Waals surface area contributed by atoms with E-state index >= 15 is 0 Å². The molecule has 1 fully saturated rings. The summed E-state index contributed by atoms with van der Waals surface area (Å²) in [6, 6.07) is 7.71. The van der Waals surface area contributed by atoms with Gasteiger partial charge in [-0.2, -0.15) is 5.10 Å². The van der Waals surface area contributed by atoms with Crippen LogP contribution in [0.2, 0.25) is 0 Å². The number of aliphatic hydroxyl groups is 1. The summed E-state index contributed by atoms with van der Waals surface area (Å²) in [5.74, 6) is 0.622. The second-order valence-corrected chi connectivity index (χ2v) is 6.78. The minimum atomic E-state index is -1.03. The zero-order chi connectivity index (χ0) is 18.0. The van der Waals surface area contributed by atoms with E-state index in [1.807, 2.05) is 45.0 Å². The van der Waals surface area contributed by atoms with Crippen LogP contribution >= 0.6 is 0 Å². The van der Waals surface area contributed by atoms with Gasteiger partial charge in [-0.15, -0.1) is 0 Å². The first-order valence-corrected chi connectivity index (χ1v) is 8.67. The third-order valence-electron chi connectivity index (χ3n) is 4.88. The highest BCUT2D eigenvalue weighted by atomic mass is 16.5. The van der Waals surface area contributed by atoms with E-state index in [0.29, 0.717) is 18.7 Å². The molecule has 3 rings (SSSR count). The molecule has 0 saturated carbocycles. The largest absolute Gasteiger partial charge is 0.490 e. The number of rotatable bonds is 5. The number of hydrogen-bond donors (Lipinski definition) is 2. The van der Waals surface area contributed by atoms with Crippen molar-refractivity contribution in [3.8, 4) is 5.75 Å². The second-order valence-electron chi connectivity index (χ2n) is 6.78. The lowest BCUT2D eigenvalue weighted by molar-refractivity contribution is 0.00406. The van der Waals surface area contributed by atoms with Gasteiger partial charge in [0, 0.05) is 17.8 Å². The van der Waals surface area contributed by atoms with Crippen molar-refractivity contribution in [2.24, 2.45) is 0 Å². The number of ether oxygens (including phenoxy) is 1. The van der Waals surface area contributed by atoms with E-state index in [0.717, 1.165) is 29.0 Å². The van der Waals surface area contributed by atoms with Crippen molar-refractivity contribution < 1.29 is 14.6 Å². The quantitative estimate of drug-likeness (QED) is 0.873. The topological polar surface area (TPSA) is 78.5 Å². The number of benzene rings is 1. The van der Waals surface area contributed by atoms with E-state index in [-0.39, 0.29) is 19.1 Å². The molecular weight excluding hydrogens is 318 g/mol. The van der Waals surface area contributed by atoms with Gasteiger partial charge in [-0.05, 0) is 38.3 Å². The Bertz CT molecular complexity index is 771. The fourth-order valence-electron chi connectivity index (χ4n) is 3.21. The summed E-state index contributed by atoms with van der Waals surface area (Å²) >= 11 is 0. The third-order valence-corrected chi connectivity index (χ3v) is 4.88. The highest BCUT2D eigenvalue weighted by molar-refractivity contribution is 5.94. The summed E-state index contributed by atoms with van der Waals surface area (Å²) in [7, 11) is 0. The normalized spacial score (nSPS) is 20.1. The molecular formula is C19H25N3O3. The maximum Gasteiger partial charge on any atom is 0.274 e. The number of H-pyrrole nitrogens is 1. The number of aromatic amines is 1. The van der Waals surface area contributed by atoms with Gasteiger partial charge in [0.25, 0.3) is 5.91 Å². The number of aromatic nitrogens is 2. The number of nitrogens with one attached hydrogen (secondary N) is 1. The lowest BCUT2D eigenvalue weighted by atomic mass is 10.1. The van der Waals surface area contributed by atoms with Gasteiger partial charge in [-0.3, -0.25) is 9.89 Å². The van der Waals surface area contributed by atoms with E-state index in [1.165, 1.54) is 0 Å². The van der Waals surface area contributed by atoms with Crippen LogP contribution in [0.15, 0.2) is 24.3 Å². The summed E-state index contributed by atoms with van der Waals surface area (Å²) < 4.78 is 5.79. The third kappa shape index (κ3) is 3.54. The van der Waals surface area contributed by atoms with E-state index in [1.54, 1.807) is 4.90 Å². The van der Waals surface area contributed by atoms with Gasteiger partial charge in [-0.1, -0.05) is 25.1 Å². The molecule has 2 N–H and O–H groups in total. The summed E-state index contributed by atoms with van der Waals surface area (Å²) in [5.41, 5.74) is 2.30. The van der Waals surface area contributed by atoms with Crippen LogP contribution in [-0.2, 0) is 6.42 Å². The Labute approximate surface area is 147 Å². The molecule has 1 saturated heterocycles. The lowest BCUT2D eigenvalue weighted by Crippen LogP contribution is -2.41. The molecule has 1 aliphatic heterocycles. The molecule has 0 bridgehead atoms. The number of carbonyl (C=O) groups excluding carboxylic acids is 1. The van der Waals surface area contributed by atoms with Gasteiger partial charge in [0.2, 0.25) is 0 Å². The first kappa shape index (κ1) is 17.5. The molecule has 6 nitrogen and oxygen atoms in total. The fraction of sp³-hybridized carbons (Fsp3) is 0.474. The zero-order valence-electron chi connectivity index (χ0n) is 15.0. The van der Waals surface area contributed by atoms with Crippen LogP contribution in [0.25, 0.3) is 0 Å². The Morgan fingerprint density at radius 1 is 1.40 bits per heavy atom. The minimum absolute atomic E-state index is 0.139. The maximum absolute atomic E-state index is 12.7. The molecule has 1 amide bonds. The number of para-hydroxylation sites is 1. The molecule has 2 heterocycles. The van der Waals surface area contributed by atoms with Gasteiger partial charge in [0.1, 0.15) is 18.0 Å². The Morgan fingerprint density at radius 2 is 2.16 bits per heavy atom. The van der Waals surface area contributed by atoms with Crippen molar-refractivity contribution >= 4 is 5.91 Å². The molecule has 0 unspecified atom stereocenters. The van der Waals surface area contributed by atoms with Crippen LogP contribution in [0.1, 0.15) is 40.7 Å². The summed E-state index contributed by atoms with van der Waals surface area (Å²) in [6.45, 7) is 6.81. The first-order chi connectivity index (χ1) is 11.9. The van der Waals surface area contributed by atoms with Gasteiger partial charge in [-0.25, -0.2) is 0 Å². The number of aryl methyl sites for hydroxylation is 2. The Hall–Kier alpha value is -2.34. The monoisotopic (exact) mass is 343 g/mol. The number of carbonyl (C=O) groups is 1. The van der Waals surface area contributed by atoms with Gasteiger partial charge >= 0.3 is 0 Å². The number of likely N-dealkylation sites (tertiary alicyclic amines) is 1. The summed E-state index contributed by atoms with van der Waals surface area (Å²) in [6.07, 6.45) is 1.30. The van der Waals surface area contributed by atoms with Gasteiger partial charge in [0.05, 0.1) is 6.54 Å². The SMILES string of the molecule is CCc1[nH]nc(C(=O)N2CC[C@](O)(COc3ccccc3C)C2)c1C. The Morgan fingerprint density at radius 3 is 2.84 bits per heavy atom. The fourth-order valence-corrected chi connectivity index (χ4v) is 3.21. The zero-order valence-corrected chi connectivity index (χ0v) is 15.0. The molecule has 134 valence electrons. The molecule has 6 heteroatoms. The standard InChI is InChI=1S/C19H25N3O3/c1-4-15-14(3)17(21-20-15)18(23)22-10-9-19(24,11-22)12-25-16-8-6-5-7-13(16)2/h5-8,24H,4,9-12H2,1-3H3,(H,20,21)/t19-/m1/s1. The van der Waals surface area contributed by atoms with Crippen LogP contribution in [0.5, 0.6) is 5.75 Å². The smallest absolute Gasteiger partial charge is 0.274 e. The maximum atomic E-state index is 12.7. The van der Waals surface area contributed by atoms with E-state index < -0.39 is 5.60 Å². The molecule has 1 aromatic heterocycles.